The molecule has 0 radical (unpaired) electrons. The maximum Gasteiger partial charge on any atom is 0.227 e. The molecule has 0 saturated carbocycles. The van der Waals surface area contributed by atoms with Crippen molar-refractivity contribution in [1.29, 1.82) is 0 Å². The topological polar surface area (TPSA) is 69.7 Å². The molecule has 8 heteroatoms. The Balaban J connectivity index is 1.22. The summed E-state index contributed by atoms with van der Waals surface area (Å²) in [5, 5.41) is 2.77. The molecule has 2 aromatic carbocycles. The lowest BCUT2D eigenvalue weighted by atomic mass is 9.99. The van der Waals surface area contributed by atoms with Crippen LogP contribution in [-0.4, -0.2) is 42.3 Å². The summed E-state index contributed by atoms with van der Waals surface area (Å²) in [4.78, 5) is 40.2. The Morgan fingerprint density at radius 3 is 2.66 bits per heavy atom. The lowest BCUT2D eigenvalue weighted by molar-refractivity contribution is -0.132. The minimum atomic E-state index is -0.835. The lowest BCUT2D eigenvalue weighted by Crippen LogP contribution is -2.37. The number of nitrogens with zero attached hydrogens (tertiary/aromatic N) is 2. The summed E-state index contributed by atoms with van der Waals surface area (Å²) in [6.07, 6.45) is 1.65. The largest absolute Gasteiger partial charge is 0.356 e. The molecule has 1 fully saturated rings. The zero-order valence-electron chi connectivity index (χ0n) is 17.7. The minimum Gasteiger partial charge on any atom is -0.356 e. The fraction of sp³-hybridized carbons (Fsp3) is 0.375. The van der Waals surface area contributed by atoms with Gasteiger partial charge in [-0.25, -0.2) is 8.78 Å². The summed E-state index contributed by atoms with van der Waals surface area (Å²) in [6.45, 7) is 1.67. The van der Waals surface area contributed by atoms with Crippen LogP contribution in [0.25, 0.3) is 0 Å². The molecule has 2 heterocycles. The second-order valence-electron chi connectivity index (χ2n) is 8.23. The number of carbonyl (C=O) groups is 3. The van der Waals surface area contributed by atoms with Gasteiger partial charge >= 0.3 is 0 Å². The smallest absolute Gasteiger partial charge is 0.227 e. The van der Waals surface area contributed by atoms with Crippen LogP contribution in [0.3, 0.4) is 0 Å². The second-order valence-corrected chi connectivity index (χ2v) is 8.23. The number of nitrogens with one attached hydrogen (secondary N) is 1. The van der Waals surface area contributed by atoms with Gasteiger partial charge < -0.3 is 15.1 Å². The predicted octanol–water partition coefficient (Wildman–Crippen LogP) is 2.80. The van der Waals surface area contributed by atoms with Gasteiger partial charge in [0.2, 0.25) is 17.7 Å². The van der Waals surface area contributed by atoms with Crippen LogP contribution >= 0.6 is 0 Å². The number of amides is 3. The summed E-state index contributed by atoms with van der Waals surface area (Å²) in [5.41, 5.74) is 2.43. The zero-order valence-corrected chi connectivity index (χ0v) is 17.7. The van der Waals surface area contributed by atoms with Crippen molar-refractivity contribution in [2.75, 3.05) is 24.5 Å². The van der Waals surface area contributed by atoms with E-state index in [1.807, 2.05) is 23.1 Å². The molecule has 1 atom stereocenters. The first-order valence-corrected chi connectivity index (χ1v) is 10.8. The van der Waals surface area contributed by atoms with E-state index in [-0.39, 0.29) is 36.4 Å². The molecular weight excluding hydrogens is 416 g/mol. The van der Waals surface area contributed by atoms with E-state index in [0.717, 1.165) is 12.5 Å². The highest BCUT2D eigenvalue weighted by molar-refractivity contribution is 6.00. The van der Waals surface area contributed by atoms with Gasteiger partial charge in [0.1, 0.15) is 11.6 Å². The maximum absolute atomic E-state index is 14.0. The standard InChI is InChI=1S/C24H25F2N3O3/c25-19-7-8-21(20(26)13-19)29-15-18(12-23(29)31)24(32)27-10-3-6-22(30)28-11-9-16-4-1-2-5-17(16)14-28/h1-2,4-5,7-8,13,18H,3,6,9-12,14-15H2,(H,27,32). The fourth-order valence-electron chi connectivity index (χ4n) is 4.28. The molecule has 0 bridgehead atoms. The summed E-state index contributed by atoms with van der Waals surface area (Å²) in [7, 11) is 0. The average Bonchev–Trinajstić information content (AvgIpc) is 3.17. The second kappa shape index (κ2) is 9.46. The normalized spacial score (nSPS) is 17.9. The summed E-state index contributed by atoms with van der Waals surface area (Å²) in [6, 6.07) is 11.1. The first-order chi connectivity index (χ1) is 15.4. The molecule has 0 spiro atoms. The highest BCUT2D eigenvalue weighted by Crippen LogP contribution is 2.28. The molecule has 2 aromatic rings. The van der Waals surface area contributed by atoms with E-state index in [1.54, 1.807) is 0 Å². The quantitative estimate of drug-likeness (QED) is 0.701. The number of halogens is 2. The molecule has 2 aliphatic heterocycles. The SMILES string of the molecule is O=C(NCCCC(=O)N1CCc2ccccc2C1)C1CC(=O)N(c2ccc(F)cc2F)C1. The van der Waals surface area contributed by atoms with Crippen molar-refractivity contribution < 1.29 is 23.2 Å². The molecule has 4 rings (SSSR count). The van der Waals surface area contributed by atoms with E-state index in [1.165, 1.54) is 22.1 Å². The van der Waals surface area contributed by atoms with Crippen LogP contribution in [0, 0.1) is 17.6 Å². The predicted molar refractivity (Wildman–Crippen MR) is 115 cm³/mol. The van der Waals surface area contributed by atoms with E-state index in [9.17, 15) is 23.2 Å². The molecule has 6 nitrogen and oxygen atoms in total. The third kappa shape index (κ3) is 4.79. The summed E-state index contributed by atoms with van der Waals surface area (Å²) in [5.74, 6) is -2.79. The van der Waals surface area contributed by atoms with Crippen LogP contribution in [0.4, 0.5) is 14.5 Å². The van der Waals surface area contributed by atoms with Crippen molar-refractivity contribution in [3.63, 3.8) is 0 Å². The molecule has 0 aliphatic carbocycles. The molecule has 168 valence electrons. The van der Waals surface area contributed by atoms with E-state index >= 15 is 0 Å². The number of hydrogen-bond donors (Lipinski definition) is 1. The van der Waals surface area contributed by atoms with Gasteiger partial charge in [0.25, 0.3) is 0 Å². The van der Waals surface area contributed by atoms with Gasteiger partial charge in [-0.1, -0.05) is 24.3 Å². The number of carbonyl (C=O) groups excluding carboxylic acids is 3. The molecule has 2 aliphatic rings. The lowest BCUT2D eigenvalue weighted by Gasteiger charge is -2.29. The average molecular weight is 441 g/mol. The Bertz CT molecular complexity index is 1040. The highest BCUT2D eigenvalue weighted by atomic mass is 19.1. The minimum absolute atomic E-state index is 0.0274. The molecule has 3 amide bonds. The van der Waals surface area contributed by atoms with Crippen molar-refractivity contribution in [3.8, 4) is 0 Å². The van der Waals surface area contributed by atoms with Crippen LogP contribution in [0.1, 0.15) is 30.4 Å². The molecule has 32 heavy (non-hydrogen) atoms. The Morgan fingerprint density at radius 1 is 1.09 bits per heavy atom. The molecule has 1 saturated heterocycles. The number of benzene rings is 2. The van der Waals surface area contributed by atoms with Crippen molar-refractivity contribution in [1.82, 2.24) is 10.2 Å². The first kappa shape index (κ1) is 21.9. The van der Waals surface area contributed by atoms with Gasteiger partial charge in [0.05, 0.1) is 11.6 Å². The van der Waals surface area contributed by atoms with Gasteiger partial charge in [0.15, 0.2) is 0 Å². The van der Waals surface area contributed by atoms with E-state index < -0.39 is 17.6 Å². The third-order valence-corrected chi connectivity index (χ3v) is 6.05. The zero-order chi connectivity index (χ0) is 22.7. The molecule has 0 aromatic heterocycles. The van der Waals surface area contributed by atoms with Gasteiger partial charge in [-0.05, 0) is 36.1 Å². The third-order valence-electron chi connectivity index (χ3n) is 6.05. The number of anilines is 1. The van der Waals surface area contributed by atoms with Crippen molar-refractivity contribution in [3.05, 3.63) is 65.2 Å². The maximum atomic E-state index is 14.0. The summed E-state index contributed by atoms with van der Waals surface area (Å²) < 4.78 is 27.1. The van der Waals surface area contributed by atoms with E-state index in [0.29, 0.717) is 38.5 Å². The van der Waals surface area contributed by atoms with Gasteiger partial charge in [-0.2, -0.15) is 0 Å². The number of rotatable bonds is 6. The van der Waals surface area contributed by atoms with Crippen molar-refractivity contribution in [2.24, 2.45) is 5.92 Å². The Kier molecular flexibility index (Phi) is 6.48. The van der Waals surface area contributed by atoms with Crippen LogP contribution < -0.4 is 10.2 Å². The van der Waals surface area contributed by atoms with Crippen molar-refractivity contribution in [2.45, 2.75) is 32.2 Å². The van der Waals surface area contributed by atoms with E-state index in [2.05, 4.69) is 11.4 Å². The number of fused-ring (bicyclic) bond motifs is 1. The summed E-state index contributed by atoms with van der Waals surface area (Å²) >= 11 is 0. The van der Waals surface area contributed by atoms with Crippen LogP contribution in [0.5, 0.6) is 0 Å². The monoisotopic (exact) mass is 441 g/mol. The Hall–Kier alpha value is -3.29. The van der Waals surface area contributed by atoms with E-state index in [4.69, 9.17) is 0 Å². The molecule has 1 unspecified atom stereocenters. The van der Waals surface area contributed by atoms with Crippen molar-refractivity contribution >= 4 is 23.4 Å². The van der Waals surface area contributed by atoms with Crippen LogP contribution in [0.15, 0.2) is 42.5 Å². The Morgan fingerprint density at radius 2 is 1.88 bits per heavy atom. The van der Waals surface area contributed by atoms with Gasteiger partial charge in [0, 0.05) is 45.1 Å². The number of hydrogen-bond acceptors (Lipinski definition) is 3. The van der Waals surface area contributed by atoms with Crippen LogP contribution in [0.2, 0.25) is 0 Å². The van der Waals surface area contributed by atoms with Crippen LogP contribution in [-0.2, 0) is 27.3 Å². The highest BCUT2D eigenvalue weighted by Gasteiger charge is 2.36. The fourth-order valence-corrected chi connectivity index (χ4v) is 4.28. The van der Waals surface area contributed by atoms with Gasteiger partial charge in [-0.3, -0.25) is 14.4 Å². The molecular formula is C24H25F2N3O3. The Labute approximate surface area is 185 Å². The first-order valence-electron chi connectivity index (χ1n) is 10.8. The van der Waals surface area contributed by atoms with Gasteiger partial charge in [-0.15, -0.1) is 0 Å². The molecule has 1 N–H and O–H groups in total.